The van der Waals surface area contributed by atoms with Crippen molar-refractivity contribution in [3.63, 3.8) is 0 Å². The van der Waals surface area contributed by atoms with Gasteiger partial charge >= 0.3 is 11.9 Å². The molecule has 0 saturated heterocycles. The van der Waals surface area contributed by atoms with Crippen LogP contribution in [0.2, 0.25) is 0 Å². The van der Waals surface area contributed by atoms with Crippen LogP contribution in [-0.4, -0.2) is 35.2 Å². The minimum absolute atomic E-state index is 0.208. The van der Waals surface area contributed by atoms with E-state index in [0.717, 1.165) is 5.38 Å². The Hall–Kier alpha value is -3.72. The highest BCUT2D eigenvalue weighted by molar-refractivity contribution is 7.12. The Balaban J connectivity index is 1.92. The molecule has 0 bridgehead atoms. The average Bonchev–Trinajstić information content (AvgIpc) is 3.15. The van der Waals surface area contributed by atoms with Gasteiger partial charge in [-0.3, -0.25) is 4.79 Å². The normalized spacial score (nSPS) is 10.4. The number of hydrogen-bond acceptors (Lipinski definition) is 5. The van der Waals surface area contributed by atoms with Gasteiger partial charge in [0.05, 0.1) is 23.9 Å². The van der Waals surface area contributed by atoms with Crippen LogP contribution in [-0.2, 0) is 0 Å². The van der Waals surface area contributed by atoms with Gasteiger partial charge in [-0.15, -0.1) is 11.3 Å². The second-order valence-electron chi connectivity index (χ2n) is 5.84. The zero-order valence-electron chi connectivity index (χ0n) is 14.9. The summed E-state index contributed by atoms with van der Waals surface area (Å²) in [6, 6.07) is 11.1. The molecule has 3 rings (SSSR count). The lowest BCUT2D eigenvalue weighted by Crippen LogP contribution is -2.18. The lowest BCUT2D eigenvalue weighted by molar-refractivity contribution is 0.0693. The summed E-state index contributed by atoms with van der Waals surface area (Å²) in [5, 5.41) is 21.7. The van der Waals surface area contributed by atoms with Crippen molar-refractivity contribution in [2.24, 2.45) is 0 Å². The third kappa shape index (κ3) is 4.09. The molecule has 148 valence electrons. The fourth-order valence-corrected chi connectivity index (χ4v) is 3.56. The highest BCUT2D eigenvalue weighted by Crippen LogP contribution is 2.29. The Morgan fingerprint density at radius 3 is 2.38 bits per heavy atom. The van der Waals surface area contributed by atoms with Crippen molar-refractivity contribution in [2.75, 3.05) is 12.4 Å². The number of methoxy groups -OCH3 is 1. The third-order valence-corrected chi connectivity index (χ3v) is 5.03. The molecule has 29 heavy (non-hydrogen) atoms. The van der Waals surface area contributed by atoms with E-state index in [1.165, 1.54) is 19.2 Å². The van der Waals surface area contributed by atoms with Crippen molar-refractivity contribution in [1.82, 2.24) is 0 Å². The predicted molar refractivity (Wildman–Crippen MR) is 105 cm³/mol. The summed E-state index contributed by atoms with van der Waals surface area (Å²) in [5.41, 5.74) is 0.0396. The van der Waals surface area contributed by atoms with Crippen LogP contribution in [0, 0.1) is 5.82 Å². The van der Waals surface area contributed by atoms with E-state index >= 15 is 0 Å². The minimum atomic E-state index is -1.45. The van der Waals surface area contributed by atoms with Crippen molar-refractivity contribution in [3.8, 4) is 16.9 Å². The number of carbonyl (C=O) groups excluding carboxylic acids is 1. The Labute approximate surface area is 168 Å². The van der Waals surface area contributed by atoms with Crippen LogP contribution in [0.4, 0.5) is 10.1 Å². The number of thiophene rings is 1. The maximum atomic E-state index is 14.6. The highest BCUT2D eigenvalue weighted by Gasteiger charge is 2.27. The number of amides is 1. The van der Waals surface area contributed by atoms with Crippen LogP contribution >= 0.6 is 11.3 Å². The number of rotatable bonds is 6. The number of ether oxygens (including phenoxy) is 1. The Morgan fingerprint density at radius 1 is 1.03 bits per heavy atom. The zero-order valence-corrected chi connectivity index (χ0v) is 15.7. The van der Waals surface area contributed by atoms with Crippen molar-refractivity contribution < 1.29 is 33.7 Å². The lowest BCUT2D eigenvalue weighted by Gasteiger charge is -2.10. The Bertz CT molecular complexity index is 1090. The molecule has 0 unspecified atom stereocenters. The van der Waals surface area contributed by atoms with Crippen molar-refractivity contribution in [3.05, 3.63) is 69.7 Å². The highest BCUT2D eigenvalue weighted by atomic mass is 32.1. The largest absolute Gasteiger partial charge is 0.497 e. The summed E-state index contributed by atoms with van der Waals surface area (Å²) < 4.78 is 19.7. The number of benzene rings is 2. The molecule has 0 fully saturated rings. The number of nitrogens with one attached hydrogen (secondary N) is 1. The second-order valence-corrected chi connectivity index (χ2v) is 6.72. The van der Waals surface area contributed by atoms with Gasteiger partial charge in [0.25, 0.3) is 5.91 Å². The Morgan fingerprint density at radius 2 is 1.76 bits per heavy atom. The van der Waals surface area contributed by atoms with Crippen LogP contribution < -0.4 is 10.1 Å². The molecule has 1 amide bonds. The molecule has 2 aromatic carbocycles. The molecular weight excluding hydrogens is 401 g/mol. The van der Waals surface area contributed by atoms with Crippen LogP contribution in [0.15, 0.2) is 47.8 Å². The molecule has 7 nitrogen and oxygen atoms in total. The second kappa shape index (κ2) is 8.11. The quantitative estimate of drug-likeness (QED) is 0.556. The number of halogens is 1. The molecule has 3 N–H and O–H groups in total. The molecule has 3 aromatic rings. The van der Waals surface area contributed by atoms with E-state index in [4.69, 9.17) is 4.74 Å². The van der Waals surface area contributed by atoms with E-state index in [0.29, 0.717) is 28.2 Å². The fourth-order valence-electron chi connectivity index (χ4n) is 2.68. The zero-order chi connectivity index (χ0) is 21.1. The van der Waals surface area contributed by atoms with Crippen LogP contribution in [0.5, 0.6) is 5.75 Å². The lowest BCUT2D eigenvalue weighted by atomic mass is 10.0. The molecule has 0 saturated carbocycles. The van der Waals surface area contributed by atoms with Gasteiger partial charge in [0.1, 0.15) is 16.4 Å². The third-order valence-electron chi connectivity index (χ3n) is 4.06. The number of carboxylic acids is 2. The summed E-state index contributed by atoms with van der Waals surface area (Å²) in [5.74, 6) is -4.08. The maximum Gasteiger partial charge on any atom is 0.346 e. The minimum Gasteiger partial charge on any atom is -0.497 e. The molecule has 1 heterocycles. The molecule has 0 aliphatic carbocycles. The van der Waals surface area contributed by atoms with Gasteiger partial charge in [-0.05, 0) is 35.4 Å². The van der Waals surface area contributed by atoms with Crippen LogP contribution in [0.1, 0.15) is 30.4 Å². The van der Waals surface area contributed by atoms with Crippen molar-refractivity contribution >= 4 is 34.9 Å². The van der Waals surface area contributed by atoms with E-state index in [1.807, 2.05) is 0 Å². The molecule has 0 radical (unpaired) electrons. The summed E-state index contributed by atoms with van der Waals surface area (Å²) in [6.07, 6.45) is 0. The van der Waals surface area contributed by atoms with Crippen molar-refractivity contribution in [2.45, 2.75) is 0 Å². The van der Waals surface area contributed by atoms with Crippen LogP contribution in [0.25, 0.3) is 11.1 Å². The maximum absolute atomic E-state index is 14.6. The Kier molecular flexibility index (Phi) is 5.60. The first-order valence-electron chi connectivity index (χ1n) is 8.15. The number of anilines is 1. The first-order valence-corrected chi connectivity index (χ1v) is 9.03. The fraction of sp³-hybridized carbons (Fsp3) is 0.0500. The average molecular weight is 415 g/mol. The van der Waals surface area contributed by atoms with Gasteiger partial charge in [-0.25, -0.2) is 14.0 Å². The SMILES string of the molecule is COc1cccc(-c2ccc(NC(=O)c3c(C(=O)O)csc3C(=O)O)c(F)c2)c1. The molecule has 9 heteroatoms. The van der Waals surface area contributed by atoms with E-state index in [9.17, 15) is 29.0 Å². The molecular formula is C20H14FNO6S. The van der Waals surface area contributed by atoms with Gasteiger partial charge in [0.2, 0.25) is 0 Å². The predicted octanol–water partition coefficient (Wildman–Crippen LogP) is 4.21. The molecule has 0 aliphatic heterocycles. The van der Waals surface area contributed by atoms with Gasteiger partial charge in [0, 0.05) is 5.38 Å². The number of carboxylic acid groups (broad SMARTS) is 2. The molecule has 1 aromatic heterocycles. The standard InChI is InChI=1S/C20H14FNO6S/c1-28-12-4-2-3-10(7-12)11-5-6-15(14(21)8-11)22-18(23)16-13(19(24)25)9-29-17(16)20(26)27/h2-9H,1H3,(H,22,23)(H,24,25)(H,26,27). The van der Waals surface area contributed by atoms with E-state index < -0.39 is 39.7 Å². The van der Waals surface area contributed by atoms with E-state index in [-0.39, 0.29) is 5.69 Å². The summed E-state index contributed by atoms with van der Waals surface area (Å²) in [4.78, 5) is 34.6. The summed E-state index contributed by atoms with van der Waals surface area (Å²) in [7, 11) is 1.51. The van der Waals surface area contributed by atoms with Crippen molar-refractivity contribution in [1.29, 1.82) is 0 Å². The molecule has 0 atom stereocenters. The van der Waals surface area contributed by atoms with Gasteiger partial charge in [-0.1, -0.05) is 18.2 Å². The van der Waals surface area contributed by atoms with Gasteiger partial charge in [-0.2, -0.15) is 0 Å². The number of carbonyl (C=O) groups is 3. The monoisotopic (exact) mass is 415 g/mol. The molecule has 0 aliphatic rings. The van der Waals surface area contributed by atoms with E-state index in [1.54, 1.807) is 30.3 Å². The van der Waals surface area contributed by atoms with Gasteiger partial charge < -0.3 is 20.3 Å². The van der Waals surface area contributed by atoms with E-state index in [2.05, 4.69) is 5.32 Å². The summed E-state index contributed by atoms with van der Waals surface area (Å²) in [6.45, 7) is 0. The number of aromatic carboxylic acids is 2. The molecule has 0 spiro atoms. The topological polar surface area (TPSA) is 113 Å². The first-order chi connectivity index (χ1) is 13.8. The van der Waals surface area contributed by atoms with Crippen LogP contribution in [0.3, 0.4) is 0 Å². The smallest absolute Gasteiger partial charge is 0.346 e. The summed E-state index contributed by atoms with van der Waals surface area (Å²) >= 11 is 0.612. The first kappa shape index (κ1) is 20.0. The van der Waals surface area contributed by atoms with Gasteiger partial charge in [0.15, 0.2) is 0 Å². The number of hydrogen-bond donors (Lipinski definition) is 3.